The minimum Gasteiger partial charge on any atom is -0.493 e. The number of para-hydroxylation sites is 1. The lowest BCUT2D eigenvalue weighted by atomic mass is 10.0. The molecule has 128 valence electrons. The molecule has 0 spiro atoms. The van der Waals surface area contributed by atoms with Gasteiger partial charge in [0.1, 0.15) is 5.75 Å². The molecule has 0 amide bonds. The highest BCUT2D eigenvalue weighted by Crippen LogP contribution is 2.21. The molecule has 0 saturated carbocycles. The van der Waals surface area contributed by atoms with Crippen LogP contribution in [-0.2, 0) is 6.42 Å². The molecule has 23 heavy (non-hydrogen) atoms. The highest BCUT2D eigenvalue weighted by molar-refractivity contribution is 5.33. The Bertz CT molecular complexity index is 422. The summed E-state index contributed by atoms with van der Waals surface area (Å²) in [6.07, 6.45) is 17.5. The number of hydrogen-bond donors (Lipinski definition) is 0. The lowest BCUT2D eigenvalue weighted by Crippen LogP contribution is -2.00. The summed E-state index contributed by atoms with van der Waals surface area (Å²) >= 11 is 0. The van der Waals surface area contributed by atoms with Gasteiger partial charge in [0.05, 0.1) is 6.61 Å². The van der Waals surface area contributed by atoms with Crippen LogP contribution in [0.5, 0.6) is 5.75 Å². The van der Waals surface area contributed by atoms with Gasteiger partial charge in [-0.05, 0) is 56.6 Å². The van der Waals surface area contributed by atoms with Gasteiger partial charge in [-0.15, -0.1) is 13.2 Å². The van der Waals surface area contributed by atoms with Crippen LogP contribution in [-0.4, -0.2) is 6.61 Å². The molecule has 0 radical (unpaired) electrons. The minimum absolute atomic E-state index is 0.838. The van der Waals surface area contributed by atoms with E-state index in [1.807, 2.05) is 12.2 Å². The maximum Gasteiger partial charge on any atom is 0.122 e. The largest absolute Gasteiger partial charge is 0.493 e. The van der Waals surface area contributed by atoms with Crippen molar-refractivity contribution < 1.29 is 4.74 Å². The molecule has 1 rings (SSSR count). The van der Waals surface area contributed by atoms with Gasteiger partial charge in [-0.1, -0.05) is 56.0 Å². The molecular weight excluding hydrogens is 280 g/mol. The Morgan fingerprint density at radius 3 is 2.04 bits per heavy atom. The molecule has 0 heterocycles. The second kappa shape index (κ2) is 14.1. The van der Waals surface area contributed by atoms with Crippen molar-refractivity contribution >= 4 is 0 Å². The first-order chi connectivity index (χ1) is 11.4. The molecule has 1 aromatic carbocycles. The smallest absolute Gasteiger partial charge is 0.122 e. The van der Waals surface area contributed by atoms with Gasteiger partial charge in [-0.2, -0.15) is 0 Å². The van der Waals surface area contributed by atoms with Crippen molar-refractivity contribution in [3.63, 3.8) is 0 Å². The van der Waals surface area contributed by atoms with Crippen LogP contribution in [0, 0.1) is 0 Å². The monoisotopic (exact) mass is 314 g/mol. The number of benzene rings is 1. The molecular formula is C22H34O. The number of unbranched alkanes of at least 4 members (excludes halogenated alkanes) is 8. The lowest BCUT2D eigenvalue weighted by molar-refractivity contribution is 0.301. The average Bonchev–Trinajstić information content (AvgIpc) is 2.58. The Hall–Kier alpha value is -1.50. The van der Waals surface area contributed by atoms with Crippen LogP contribution in [0.4, 0.5) is 0 Å². The summed E-state index contributed by atoms with van der Waals surface area (Å²) in [5.41, 5.74) is 1.36. The molecule has 0 aromatic heterocycles. The Labute approximate surface area is 143 Å². The summed E-state index contributed by atoms with van der Waals surface area (Å²) in [7, 11) is 0. The molecule has 0 saturated heterocycles. The molecule has 0 aliphatic heterocycles. The van der Waals surface area contributed by atoms with Gasteiger partial charge < -0.3 is 4.74 Å². The second-order valence-electron chi connectivity index (χ2n) is 6.19. The van der Waals surface area contributed by atoms with E-state index in [1.54, 1.807) is 0 Å². The van der Waals surface area contributed by atoms with Crippen LogP contribution in [0.2, 0.25) is 0 Å². The van der Waals surface area contributed by atoms with Crippen LogP contribution >= 0.6 is 0 Å². The SMILES string of the molecule is C=CCCCCCCOc1ccccc1CCCCCCC=C. The van der Waals surface area contributed by atoms with Crippen molar-refractivity contribution in [2.45, 2.75) is 70.6 Å². The zero-order valence-corrected chi connectivity index (χ0v) is 14.8. The zero-order chi connectivity index (χ0) is 16.6. The van der Waals surface area contributed by atoms with Crippen LogP contribution in [0.1, 0.15) is 69.8 Å². The van der Waals surface area contributed by atoms with E-state index in [-0.39, 0.29) is 0 Å². The van der Waals surface area contributed by atoms with Crippen LogP contribution < -0.4 is 4.74 Å². The minimum atomic E-state index is 0.838. The molecule has 0 fully saturated rings. The number of ether oxygens (including phenoxy) is 1. The van der Waals surface area contributed by atoms with Gasteiger partial charge in [0.25, 0.3) is 0 Å². The van der Waals surface area contributed by atoms with E-state index in [2.05, 4.69) is 37.4 Å². The third-order valence-electron chi connectivity index (χ3n) is 4.14. The molecule has 1 heteroatoms. The molecule has 1 nitrogen and oxygen atoms in total. The number of allylic oxidation sites excluding steroid dienone is 2. The molecule has 1 aromatic rings. The number of rotatable bonds is 15. The normalized spacial score (nSPS) is 10.4. The van der Waals surface area contributed by atoms with Gasteiger partial charge >= 0.3 is 0 Å². The molecule has 0 bridgehead atoms. The van der Waals surface area contributed by atoms with E-state index in [9.17, 15) is 0 Å². The topological polar surface area (TPSA) is 9.23 Å². The van der Waals surface area contributed by atoms with E-state index >= 15 is 0 Å². The highest BCUT2D eigenvalue weighted by Gasteiger charge is 2.03. The predicted molar refractivity (Wildman–Crippen MR) is 102 cm³/mol. The Morgan fingerprint density at radius 1 is 0.739 bits per heavy atom. The average molecular weight is 315 g/mol. The van der Waals surface area contributed by atoms with Crippen molar-refractivity contribution in [1.82, 2.24) is 0 Å². The third-order valence-corrected chi connectivity index (χ3v) is 4.14. The van der Waals surface area contributed by atoms with Crippen molar-refractivity contribution in [2.24, 2.45) is 0 Å². The predicted octanol–water partition coefficient (Wildman–Crippen LogP) is 6.88. The Balaban J connectivity index is 2.19. The van der Waals surface area contributed by atoms with Gasteiger partial charge in [0.2, 0.25) is 0 Å². The fraction of sp³-hybridized carbons (Fsp3) is 0.545. The van der Waals surface area contributed by atoms with Crippen molar-refractivity contribution in [3.8, 4) is 5.75 Å². The van der Waals surface area contributed by atoms with Crippen molar-refractivity contribution in [3.05, 3.63) is 55.1 Å². The second-order valence-corrected chi connectivity index (χ2v) is 6.19. The van der Waals surface area contributed by atoms with E-state index < -0.39 is 0 Å². The third kappa shape index (κ3) is 9.99. The lowest BCUT2D eigenvalue weighted by Gasteiger charge is -2.11. The Morgan fingerprint density at radius 2 is 1.35 bits per heavy atom. The molecule has 0 aliphatic rings. The summed E-state index contributed by atoms with van der Waals surface area (Å²) in [5, 5.41) is 0. The summed E-state index contributed by atoms with van der Waals surface area (Å²) in [6, 6.07) is 8.52. The molecule has 0 atom stereocenters. The number of aryl methyl sites for hydroxylation is 1. The highest BCUT2D eigenvalue weighted by atomic mass is 16.5. The summed E-state index contributed by atoms with van der Waals surface area (Å²) in [4.78, 5) is 0. The van der Waals surface area contributed by atoms with Gasteiger partial charge in [-0.25, -0.2) is 0 Å². The zero-order valence-electron chi connectivity index (χ0n) is 14.8. The van der Waals surface area contributed by atoms with Crippen LogP contribution in [0.3, 0.4) is 0 Å². The standard InChI is InChI=1S/C22H34O/c1-3-5-7-9-11-13-17-21-18-14-15-19-22(21)23-20-16-12-10-8-6-4-2/h3-4,14-15,18-19H,1-2,5-13,16-17,20H2. The quantitative estimate of drug-likeness (QED) is 0.253. The summed E-state index contributed by atoms with van der Waals surface area (Å²) < 4.78 is 6.01. The fourth-order valence-corrected chi connectivity index (χ4v) is 2.74. The molecule has 0 N–H and O–H groups in total. The van der Waals surface area contributed by atoms with E-state index in [0.717, 1.165) is 38.0 Å². The van der Waals surface area contributed by atoms with E-state index in [0.29, 0.717) is 0 Å². The van der Waals surface area contributed by atoms with Crippen LogP contribution in [0.25, 0.3) is 0 Å². The summed E-state index contributed by atoms with van der Waals surface area (Å²) in [6.45, 7) is 8.37. The van der Waals surface area contributed by atoms with Gasteiger partial charge in [-0.3, -0.25) is 0 Å². The van der Waals surface area contributed by atoms with E-state index in [4.69, 9.17) is 4.74 Å². The summed E-state index contributed by atoms with van der Waals surface area (Å²) in [5.74, 6) is 1.09. The first kappa shape index (κ1) is 19.5. The number of hydrogen-bond acceptors (Lipinski definition) is 1. The molecule has 0 aliphatic carbocycles. The maximum atomic E-state index is 6.01. The molecule has 0 unspecified atom stereocenters. The van der Waals surface area contributed by atoms with Gasteiger partial charge in [0, 0.05) is 0 Å². The Kier molecular flexibility index (Phi) is 12.0. The van der Waals surface area contributed by atoms with Crippen molar-refractivity contribution in [1.29, 1.82) is 0 Å². The maximum absolute atomic E-state index is 6.01. The first-order valence-corrected chi connectivity index (χ1v) is 9.31. The van der Waals surface area contributed by atoms with Gasteiger partial charge in [0.15, 0.2) is 0 Å². The first-order valence-electron chi connectivity index (χ1n) is 9.31. The van der Waals surface area contributed by atoms with E-state index in [1.165, 1.54) is 50.5 Å². The van der Waals surface area contributed by atoms with Crippen molar-refractivity contribution in [2.75, 3.05) is 6.61 Å². The fourth-order valence-electron chi connectivity index (χ4n) is 2.74. The van der Waals surface area contributed by atoms with Crippen LogP contribution in [0.15, 0.2) is 49.6 Å².